The summed E-state index contributed by atoms with van der Waals surface area (Å²) in [5, 5.41) is 0. The van der Waals surface area contributed by atoms with Gasteiger partial charge in [-0.25, -0.2) is 8.42 Å². The van der Waals surface area contributed by atoms with Crippen molar-refractivity contribution in [1.29, 1.82) is 0 Å². The average Bonchev–Trinajstić information content (AvgIpc) is 2.41. The van der Waals surface area contributed by atoms with Crippen LogP contribution in [0.25, 0.3) is 0 Å². The molecule has 1 rings (SSSR count). The first-order valence-electron chi connectivity index (χ1n) is 7.12. The van der Waals surface area contributed by atoms with Crippen molar-refractivity contribution in [2.24, 2.45) is 5.41 Å². The van der Waals surface area contributed by atoms with Crippen LogP contribution in [0.15, 0.2) is 0 Å². The van der Waals surface area contributed by atoms with Crippen LogP contribution < -0.4 is 0 Å². The molecular weight excluding hydrogens is 320 g/mol. The molecule has 21 heavy (non-hydrogen) atoms. The van der Waals surface area contributed by atoms with E-state index in [4.69, 9.17) is 29.6 Å². The first-order valence-corrected chi connectivity index (χ1v) is 9.60. The molecule has 1 aliphatic heterocycles. The summed E-state index contributed by atoms with van der Waals surface area (Å²) in [6.07, 6.45) is 2.14. The Morgan fingerprint density at radius 1 is 1.10 bits per heavy atom. The molecule has 0 amide bonds. The number of hydrogen-bond donors (Lipinski definition) is 0. The molecule has 0 aromatic rings. The molecule has 0 aromatic carbocycles. The fraction of sp³-hybridized carbons (Fsp3) is 1.00. The summed E-state index contributed by atoms with van der Waals surface area (Å²) in [5.41, 5.74) is -0.436. The van der Waals surface area contributed by atoms with Gasteiger partial charge >= 0.3 is 0 Å². The van der Waals surface area contributed by atoms with Gasteiger partial charge in [0.05, 0.1) is 25.6 Å². The molecular formula is C13H25ClO6S. The molecule has 0 unspecified atom stereocenters. The van der Waals surface area contributed by atoms with Crippen molar-refractivity contribution in [1.82, 2.24) is 0 Å². The summed E-state index contributed by atoms with van der Waals surface area (Å²) < 4.78 is 43.9. The smallest absolute Gasteiger partial charge is 0.233 e. The minimum absolute atomic E-state index is 0.0698. The van der Waals surface area contributed by atoms with Gasteiger partial charge in [-0.1, -0.05) is 0 Å². The third-order valence-corrected chi connectivity index (χ3v) is 4.73. The molecule has 126 valence electrons. The van der Waals surface area contributed by atoms with Crippen molar-refractivity contribution in [2.75, 3.05) is 59.1 Å². The minimum atomic E-state index is -3.55. The van der Waals surface area contributed by atoms with Crippen LogP contribution in [0.3, 0.4) is 0 Å². The SMILES string of the molecule is COCCCOCCOCC1(CS(=O)(=O)Cl)CCOCC1. The molecule has 0 radical (unpaired) electrons. The average molecular weight is 345 g/mol. The van der Waals surface area contributed by atoms with E-state index in [0.717, 1.165) is 6.42 Å². The topological polar surface area (TPSA) is 71.1 Å². The molecule has 1 fully saturated rings. The molecule has 0 spiro atoms. The Bertz CT molecular complexity index is 367. The van der Waals surface area contributed by atoms with Crippen molar-refractivity contribution in [3.63, 3.8) is 0 Å². The van der Waals surface area contributed by atoms with Crippen LogP contribution in [0, 0.1) is 5.41 Å². The zero-order valence-corrected chi connectivity index (χ0v) is 14.1. The van der Waals surface area contributed by atoms with E-state index in [1.807, 2.05) is 0 Å². The molecule has 0 atom stereocenters. The van der Waals surface area contributed by atoms with E-state index in [1.165, 1.54) is 0 Å². The van der Waals surface area contributed by atoms with E-state index in [2.05, 4.69) is 0 Å². The molecule has 8 heteroatoms. The van der Waals surface area contributed by atoms with Crippen molar-refractivity contribution in [2.45, 2.75) is 19.3 Å². The van der Waals surface area contributed by atoms with E-state index in [9.17, 15) is 8.42 Å². The first-order chi connectivity index (χ1) is 9.97. The van der Waals surface area contributed by atoms with E-state index >= 15 is 0 Å². The van der Waals surface area contributed by atoms with Crippen molar-refractivity contribution in [3.8, 4) is 0 Å². The van der Waals surface area contributed by atoms with Crippen LogP contribution in [0.1, 0.15) is 19.3 Å². The Labute approximate surface area is 131 Å². The standard InChI is InChI=1S/C13H25ClO6S/c1-17-5-2-6-18-9-10-20-11-13(12-21(14,15)16)3-7-19-8-4-13/h2-12H2,1H3. The lowest BCUT2D eigenvalue weighted by Gasteiger charge is -2.35. The molecule has 0 aromatic heterocycles. The van der Waals surface area contributed by atoms with E-state index in [-0.39, 0.29) is 5.75 Å². The second-order valence-electron chi connectivity index (χ2n) is 5.31. The molecule has 1 heterocycles. The predicted octanol–water partition coefficient (Wildman–Crippen LogP) is 1.42. The second-order valence-corrected chi connectivity index (χ2v) is 8.08. The lowest BCUT2D eigenvalue weighted by Crippen LogP contribution is -2.39. The molecule has 6 nitrogen and oxygen atoms in total. The molecule has 1 saturated heterocycles. The van der Waals surface area contributed by atoms with Gasteiger partial charge in [-0.05, 0) is 19.3 Å². The van der Waals surface area contributed by atoms with E-state index in [0.29, 0.717) is 59.1 Å². The van der Waals surface area contributed by atoms with Crippen LogP contribution in [0.4, 0.5) is 0 Å². The molecule has 0 N–H and O–H groups in total. The summed E-state index contributed by atoms with van der Waals surface area (Å²) >= 11 is 0. The summed E-state index contributed by atoms with van der Waals surface area (Å²) in [4.78, 5) is 0. The van der Waals surface area contributed by atoms with Gasteiger partial charge in [0, 0.05) is 49.6 Å². The number of rotatable bonds is 11. The number of hydrogen-bond acceptors (Lipinski definition) is 6. The number of methoxy groups -OCH3 is 1. The van der Waals surface area contributed by atoms with Crippen molar-refractivity contribution >= 4 is 19.7 Å². The fourth-order valence-corrected chi connectivity index (χ4v) is 4.11. The monoisotopic (exact) mass is 344 g/mol. The summed E-state index contributed by atoms with van der Waals surface area (Å²) in [6, 6.07) is 0. The Morgan fingerprint density at radius 3 is 2.38 bits per heavy atom. The molecule has 0 aliphatic carbocycles. The minimum Gasteiger partial charge on any atom is -0.385 e. The van der Waals surface area contributed by atoms with Gasteiger partial charge in [-0.3, -0.25) is 0 Å². The normalized spacial score (nSPS) is 18.8. The lowest BCUT2D eigenvalue weighted by molar-refractivity contribution is -0.0406. The van der Waals surface area contributed by atoms with Gasteiger partial charge in [0.25, 0.3) is 0 Å². The zero-order valence-electron chi connectivity index (χ0n) is 12.5. The number of halogens is 1. The summed E-state index contributed by atoms with van der Waals surface area (Å²) in [6.45, 7) is 3.70. The highest BCUT2D eigenvalue weighted by Crippen LogP contribution is 2.33. The second kappa shape index (κ2) is 9.97. The highest BCUT2D eigenvalue weighted by atomic mass is 35.7. The Balaban J connectivity index is 2.24. The van der Waals surface area contributed by atoms with E-state index in [1.54, 1.807) is 7.11 Å². The molecule has 1 aliphatic rings. The van der Waals surface area contributed by atoms with Gasteiger partial charge in [0.2, 0.25) is 9.05 Å². The number of ether oxygens (including phenoxy) is 4. The van der Waals surface area contributed by atoms with Crippen molar-refractivity contribution in [3.05, 3.63) is 0 Å². The van der Waals surface area contributed by atoms with Gasteiger partial charge in [0.15, 0.2) is 0 Å². The quantitative estimate of drug-likeness (QED) is 0.417. The lowest BCUT2D eigenvalue weighted by atomic mass is 9.83. The van der Waals surface area contributed by atoms with Gasteiger partial charge < -0.3 is 18.9 Å². The molecule has 0 saturated carbocycles. The van der Waals surface area contributed by atoms with Crippen LogP contribution in [-0.2, 0) is 28.0 Å². The van der Waals surface area contributed by atoms with Crippen LogP contribution in [-0.4, -0.2) is 67.5 Å². The van der Waals surface area contributed by atoms with E-state index < -0.39 is 14.5 Å². The van der Waals surface area contributed by atoms with Gasteiger partial charge in [-0.15, -0.1) is 0 Å². The Hall–Kier alpha value is 0.0800. The van der Waals surface area contributed by atoms with Crippen LogP contribution >= 0.6 is 10.7 Å². The largest absolute Gasteiger partial charge is 0.385 e. The maximum atomic E-state index is 11.4. The van der Waals surface area contributed by atoms with Gasteiger partial charge in [0.1, 0.15) is 0 Å². The summed E-state index contributed by atoms with van der Waals surface area (Å²) in [5.74, 6) is -0.0698. The maximum absolute atomic E-state index is 11.4. The highest BCUT2D eigenvalue weighted by Gasteiger charge is 2.37. The highest BCUT2D eigenvalue weighted by molar-refractivity contribution is 8.13. The van der Waals surface area contributed by atoms with Crippen LogP contribution in [0.5, 0.6) is 0 Å². The van der Waals surface area contributed by atoms with Gasteiger partial charge in [-0.2, -0.15) is 0 Å². The van der Waals surface area contributed by atoms with Crippen LogP contribution in [0.2, 0.25) is 0 Å². The first kappa shape index (κ1) is 19.1. The zero-order chi connectivity index (χ0) is 15.6. The molecule has 0 bridgehead atoms. The predicted molar refractivity (Wildman–Crippen MR) is 80.3 cm³/mol. The third-order valence-electron chi connectivity index (χ3n) is 3.45. The fourth-order valence-electron chi connectivity index (χ4n) is 2.31. The maximum Gasteiger partial charge on any atom is 0.233 e. The van der Waals surface area contributed by atoms with Crippen molar-refractivity contribution < 1.29 is 27.4 Å². The third kappa shape index (κ3) is 8.95. The Kier molecular flexibility index (Phi) is 9.08. The summed E-state index contributed by atoms with van der Waals surface area (Å²) in [7, 11) is 3.51. The Morgan fingerprint density at radius 2 is 1.76 bits per heavy atom.